The Kier molecular flexibility index (Phi) is 8.91. The van der Waals surface area contributed by atoms with E-state index in [-0.39, 0.29) is 5.41 Å². The standard InChI is InChI=1S/C65H46N2/c1-65(2)59-28-10-8-22-57(59)63-53(25-14-29-60(63)65)44-32-37-48(38-33-44)66(50-20-12-17-46(42-50)52-24-13-27-55-51-21-7-6-16-43(51)36-41-56(52)55)49-39-34-45(35-40-49)54-26-15-31-62-64(54)58-23-9-11-30-61(58)67(62)47-18-4-3-5-19-47/h3-42H,1-2H3. The maximum atomic E-state index is 2.41. The zero-order valence-electron chi connectivity index (χ0n) is 37.5. The van der Waals surface area contributed by atoms with E-state index in [0.29, 0.717) is 0 Å². The average Bonchev–Trinajstić information content (AvgIpc) is 3.85. The Morgan fingerprint density at radius 1 is 0.343 bits per heavy atom. The Hall–Kier alpha value is -8.46. The first-order valence-electron chi connectivity index (χ1n) is 23.3. The van der Waals surface area contributed by atoms with E-state index in [1.807, 2.05) is 0 Å². The van der Waals surface area contributed by atoms with Gasteiger partial charge in [0, 0.05) is 38.9 Å². The van der Waals surface area contributed by atoms with Crippen LogP contribution in [0.3, 0.4) is 0 Å². The minimum Gasteiger partial charge on any atom is -0.310 e. The van der Waals surface area contributed by atoms with Crippen LogP contribution >= 0.6 is 0 Å². The molecule has 0 fully saturated rings. The van der Waals surface area contributed by atoms with Crippen molar-refractivity contribution in [1.29, 1.82) is 0 Å². The molecule has 0 atom stereocenters. The number of rotatable bonds is 7. The molecule has 0 bridgehead atoms. The van der Waals surface area contributed by atoms with E-state index in [9.17, 15) is 0 Å². The molecule has 67 heavy (non-hydrogen) atoms. The van der Waals surface area contributed by atoms with Crippen LogP contribution in [0.4, 0.5) is 17.1 Å². The first kappa shape index (κ1) is 39.0. The highest BCUT2D eigenvalue weighted by Crippen LogP contribution is 2.52. The third-order valence-corrected chi connectivity index (χ3v) is 14.4. The molecule has 1 aliphatic rings. The molecule has 1 heterocycles. The lowest BCUT2D eigenvalue weighted by atomic mass is 9.82. The van der Waals surface area contributed by atoms with Crippen molar-refractivity contribution in [1.82, 2.24) is 4.57 Å². The monoisotopic (exact) mass is 854 g/mol. The number of benzene rings is 11. The average molecular weight is 855 g/mol. The lowest BCUT2D eigenvalue weighted by molar-refractivity contribution is 0.660. The molecule has 1 aliphatic carbocycles. The highest BCUT2D eigenvalue weighted by Gasteiger charge is 2.36. The van der Waals surface area contributed by atoms with E-state index in [1.165, 1.54) is 99.0 Å². The summed E-state index contributed by atoms with van der Waals surface area (Å²) in [7, 11) is 0. The fraction of sp³-hybridized carbons (Fsp3) is 0.0462. The summed E-state index contributed by atoms with van der Waals surface area (Å²) in [4.78, 5) is 2.41. The topological polar surface area (TPSA) is 8.17 Å². The molecule has 0 unspecified atom stereocenters. The van der Waals surface area contributed by atoms with E-state index in [0.717, 1.165) is 22.7 Å². The fourth-order valence-electron chi connectivity index (χ4n) is 11.2. The van der Waals surface area contributed by atoms with E-state index < -0.39 is 0 Å². The van der Waals surface area contributed by atoms with Crippen molar-refractivity contribution in [3.8, 4) is 50.2 Å². The lowest BCUT2D eigenvalue weighted by Gasteiger charge is -2.27. The molecule has 0 saturated carbocycles. The van der Waals surface area contributed by atoms with Gasteiger partial charge in [0.05, 0.1) is 11.0 Å². The molecule has 0 amide bonds. The van der Waals surface area contributed by atoms with Crippen molar-refractivity contribution in [2.45, 2.75) is 19.3 Å². The normalized spacial score (nSPS) is 12.7. The van der Waals surface area contributed by atoms with Crippen molar-refractivity contribution < 1.29 is 0 Å². The van der Waals surface area contributed by atoms with Crippen LogP contribution < -0.4 is 4.90 Å². The lowest BCUT2D eigenvalue weighted by Crippen LogP contribution is -2.14. The van der Waals surface area contributed by atoms with Gasteiger partial charge < -0.3 is 9.47 Å². The fourth-order valence-corrected chi connectivity index (χ4v) is 11.2. The summed E-state index contributed by atoms with van der Waals surface area (Å²) >= 11 is 0. The summed E-state index contributed by atoms with van der Waals surface area (Å²) in [5, 5.41) is 7.56. The van der Waals surface area contributed by atoms with Crippen molar-refractivity contribution in [2.75, 3.05) is 4.90 Å². The molecule has 0 spiro atoms. The minimum atomic E-state index is -0.0580. The van der Waals surface area contributed by atoms with Gasteiger partial charge in [0.1, 0.15) is 0 Å². The molecule has 0 N–H and O–H groups in total. The van der Waals surface area contributed by atoms with Gasteiger partial charge in [0.15, 0.2) is 0 Å². The molecule has 13 rings (SSSR count). The SMILES string of the molecule is CC1(C)c2ccccc2-c2c(-c3ccc(N(c4ccc(-c5cccc6c5c5ccccc5n6-c5ccccc5)cc4)c4cccc(-c5cccc6c5ccc5ccccc56)c4)cc3)cccc21. The minimum absolute atomic E-state index is 0.0580. The summed E-state index contributed by atoms with van der Waals surface area (Å²) in [6.07, 6.45) is 0. The van der Waals surface area contributed by atoms with Crippen molar-refractivity contribution in [2.24, 2.45) is 0 Å². The second-order valence-corrected chi connectivity index (χ2v) is 18.5. The van der Waals surface area contributed by atoms with Gasteiger partial charge in [-0.1, -0.05) is 196 Å². The zero-order valence-corrected chi connectivity index (χ0v) is 37.5. The maximum Gasteiger partial charge on any atom is 0.0547 e. The van der Waals surface area contributed by atoms with Crippen LogP contribution in [0.1, 0.15) is 25.0 Å². The Bertz CT molecular complexity index is 3870. The van der Waals surface area contributed by atoms with Gasteiger partial charge in [-0.3, -0.25) is 0 Å². The number of fused-ring (bicyclic) bond motifs is 9. The third-order valence-electron chi connectivity index (χ3n) is 14.4. The summed E-state index contributed by atoms with van der Waals surface area (Å²) in [5.74, 6) is 0. The van der Waals surface area contributed by atoms with Crippen molar-refractivity contribution in [3.63, 3.8) is 0 Å². The third kappa shape index (κ3) is 6.18. The molecule has 0 radical (unpaired) electrons. The smallest absolute Gasteiger partial charge is 0.0547 e. The largest absolute Gasteiger partial charge is 0.310 e. The summed E-state index contributed by atoms with van der Waals surface area (Å²) in [5.41, 5.74) is 19.5. The van der Waals surface area contributed by atoms with E-state index >= 15 is 0 Å². The Balaban J connectivity index is 0.949. The summed E-state index contributed by atoms with van der Waals surface area (Å²) < 4.78 is 2.39. The number of nitrogens with zero attached hydrogens (tertiary/aromatic N) is 2. The van der Waals surface area contributed by atoms with Crippen molar-refractivity contribution >= 4 is 60.4 Å². The number of hydrogen-bond acceptors (Lipinski definition) is 1. The molecule has 12 aromatic rings. The molecule has 11 aromatic carbocycles. The van der Waals surface area contributed by atoms with Crippen LogP contribution in [0.25, 0.3) is 93.5 Å². The molecular formula is C65H46N2. The van der Waals surface area contributed by atoms with E-state index in [2.05, 4.69) is 266 Å². The van der Waals surface area contributed by atoms with Gasteiger partial charge in [0.25, 0.3) is 0 Å². The first-order chi connectivity index (χ1) is 33.0. The predicted octanol–water partition coefficient (Wildman–Crippen LogP) is 17.9. The maximum absolute atomic E-state index is 2.41. The second kappa shape index (κ2) is 15.3. The highest BCUT2D eigenvalue weighted by atomic mass is 15.1. The Labute approximate surface area is 391 Å². The van der Waals surface area contributed by atoms with Crippen molar-refractivity contribution in [3.05, 3.63) is 254 Å². The van der Waals surface area contributed by atoms with Crippen LogP contribution in [-0.2, 0) is 5.41 Å². The molecule has 2 nitrogen and oxygen atoms in total. The van der Waals surface area contributed by atoms with Crippen LogP contribution in [0.2, 0.25) is 0 Å². The summed E-state index contributed by atoms with van der Waals surface area (Å²) in [6, 6.07) is 89.3. The van der Waals surface area contributed by atoms with Gasteiger partial charge in [0.2, 0.25) is 0 Å². The van der Waals surface area contributed by atoms with Gasteiger partial charge in [-0.25, -0.2) is 0 Å². The molecule has 0 aliphatic heterocycles. The number of para-hydroxylation sites is 2. The van der Waals surface area contributed by atoms with E-state index in [4.69, 9.17) is 0 Å². The van der Waals surface area contributed by atoms with Crippen LogP contribution in [-0.4, -0.2) is 4.57 Å². The molecule has 0 saturated heterocycles. The highest BCUT2D eigenvalue weighted by molar-refractivity contribution is 6.16. The van der Waals surface area contributed by atoms with Gasteiger partial charge in [-0.15, -0.1) is 0 Å². The molecular weight excluding hydrogens is 809 g/mol. The molecule has 1 aromatic heterocycles. The van der Waals surface area contributed by atoms with Gasteiger partial charge in [-0.05, 0) is 138 Å². The number of anilines is 3. The van der Waals surface area contributed by atoms with Gasteiger partial charge in [-0.2, -0.15) is 0 Å². The Morgan fingerprint density at radius 3 is 1.75 bits per heavy atom. The number of hydrogen-bond donors (Lipinski definition) is 0. The van der Waals surface area contributed by atoms with Gasteiger partial charge >= 0.3 is 0 Å². The second-order valence-electron chi connectivity index (χ2n) is 18.5. The van der Waals surface area contributed by atoms with E-state index in [1.54, 1.807) is 0 Å². The van der Waals surface area contributed by atoms with Crippen LogP contribution in [0, 0.1) is 0 Å². The molecule has 316 valence electrons. The molecule has 2 heteroatoms. The number of aromatic nitrogens is 1. The van der Waals surface area contributed by atoms with Crippen LogP contribution in [0.5, 0.6) is 0 Å². The first-order valence-corrected chi connectivity index (χ1v) is 23.3. The quantitative estimate of drug-likeness (QED) is 0.145. The Morgan fingerprint density at radius 2 is 0.925 bits per heavy atom. The zero-order chi connectivity index (χ0) is 44.6. The summed E-state index contributed by atoms with van der Waals surface area (Å²) in [6.45, 7) is 4.71. The van der Waals surface area contributed by atoms with Crippen LogP contribution in [0.15, 0.2) is 243 Å². The predicted molar refractivity (Wildman–Crippen MR) is 284 cm³/mol.